The lowest BCUT2D eigenvalue weighted by Crippen LogP contribution is -1.99. The van der Waals surface area contributed by atoms with Gasteiger partial charge in [-0.25, -0.2) is 4.98 Å². The molecule has 3 aromatic heterocycles. The van der Waals surface area contributed by atoms with Crippen LogP contribution >= 0.6 is 34.7 Å². The van der Waals surface area contributed by atoms with Crippen molar-refractivity contribution in [3.8, 4) is 22.0 Å². The summed E-state index contributed by atoms with van der Waals surface area (Å²) in [5, 5.41) is 12.5. The van der Waals surface area contributed by atoms with E-state index < -0.39 is 0 Å². The van der Waals surface area contributed by atoms with Gasteiger partial charge in [0, 0.05) is 16.6 Å². The second-order valence-electron chi connectivity index (χ2n) is 6.30. The Kier molecular flexibility index (Phi) is 4.51. The second kappa shape index (κ2) is 7.14. The number of benzene rings is 1. The summed E-state index contributed by atoms with van der Waals surface area (Å²) in [5.74, 6) is 2.95. The number of oxazole rings is 1. The van der Waals surface area contributed by atoms with Crippen molar-refractivity contribution in [2.24, 2.45) is 0 Å². The minimum atomic E-state index is 0.506. The average molecular weight is 415 g/mol. The van der Waals surface area contributed by atoms with Crippen LogP contribution in [-0.4, -0.2) is 19.7 Å². The van der Waals surface area contributed by atoms with E-state index in [1.807, 2.05) is 30.3 Å². The highest BCUT2D eigenvalue weighted by atomic mass is 35.5. The maximum atomic E-state index is 6.06. The predicted octanol–water partition coefficient (Wildman–Crippen LogP) is 5.94. The van der Waals surface area contributed by atoms with Gasteiger partial charge >= 0.3 is 0 Å². The Balaban J connectivity index is 1.35. The summed E-state index contributed by atoms with van der Waals surface area (Å²) in [6.07, 6.45) is 4.11. The molecule has 0 atom stereocenters. The van der Waals surface area contributed by atoms with Crippen molar-refractivity contribution >= 4 is 34.7 Å². The Morgan fingerprint density at radius 2 is 2.15 bits per heavy atom. The molecule has 8 heteroatoms. The summed E-state index contributed by atoms with van der Waals surface area (Å²) in [5.41, 5.74) is 0.923. The van der Waals surface area contributed by atoms with E-state index in [0.29, 0.717) is 22.7 Å². The molecule has 136 valence electrons. The molecule has 0 amide bonds. The summed E-state index contributed by atoms with van der Waals surface area (Å²) in [6.45, 7) is 0. The topological polar surface area (TPSA) is 56.7 Å². The van der Waals surface area contributed by atoms with Crippen LogP contribution in [0, 0.1) is 0 Å². The Morgan fingerprint density at radius 3 is 2.93 bits per heavy atom. The van der Waals surface area contributed by atoms with E-state index in [-0.39, 0.29) is 0 Å². The van der Waals surface area contributed by atoms with Crippen LogP contribution in [-0.2, 0) is 5.75 Å². The monoisotopic (exact) mass is 414 g/mol. The highest BCUT2D eigenvalue weighted by Gasteiger charge is 2.30. The lowest BCUT2D eigenvalue weighted by molar-refractivity contribution is 0.529. The van der Waals surface area contributed by atoms with Crippen LogP contribution < -0.4 is 0 Å². The normalized spacial score (nSPS) is 14.0. The maximum absolute atomic E-state index is 6.06. The summed E-state index contributed by atoms with van der Waals surface area (Å²) >= 11 is 9.36. The van der Waals surface area contributed by atoms with E-state index in [1.54, 1.807) is 29.3 Å². The zero-order chi connectivity index (χ0) is 18.2. The van der Waals surface area contributed by atoms with Gasteiger partial charge in [-0.3, -0.25) is 4.57 Å². The molecule has 1 aliphatic carbocycles. The van der Waals surface area contributed by atoms with Crippen molar-refractivity contribution in [3.63, 3.8) is 0 Å². The lowest BCUT2D eigenvalue weighted by atomic mass is 10.2. The van der Waals surface area contributed by atoms with Crippen LogP contribution in [0.25, 0.3) is 22.0 Å². The fraction of sp³-hybridized carbons (Fsp3) is 0.211. The van der Waals surface area contributed by atoms with E-state index in [9.17, 15) is 0 Å². The molecule has 0 unspecified atom stereocenters. The number of aromatic nitrogens is 4. The van der Waals surface area contributed by atoms with Crippen LogP contribution in [0.5, 0.6) is 0 Å². The maximum Gasteiger partial charge on any atom is 0.205 e. The van der Waals surface area contributed by atoms with Crippen LogP contribution in [0.3, 0.4) is 0 Å². The predicted molar refractivity (Wildman–Crippen MR) is 108 cm³/mol. The molecular weight excluding hydrogens is 400 g/mol. The van der Waals surface area contributed by atoms with Gasteiger partial charge in [0.25, 0.3) is 0 Å². The highest BCUT2D eigenvalue weighted by molar-refractivity contribution is 7.98. The van der Waals surface area contributed by atoms with Crippen molar-refractivity contribution < 1.29 is 4.42 Å². The first-order valence-corrected chi connectivity index (χ1v) is 10.8. The zero-order valence-electron chi connectivity index (χ0n) is 14.2. The standard InChI is InChI=1S/C19H15ClN4OS2/c20-13-4-1-3-12(9-13)15-10-21-17(25-15)11-27-19-23-22-18(16-5-2-8-26-16)24(19)14-6-7-14/h1-5,8-10,14H,6-7,11H2. The Morgan fingerprint density at radius 1 is 1.22 bits per heavy atom. The summed E-state index contributed by atoms with van der Waals surface area (Å²) in [7, 11) is 0. The average Bonchev–Trinajstić information content (AvgIpc) is 3.09. The summed E-state index contributed by atoms with van der Waals surface area (Å²) in [4.78, 5) is 5.55. The third-order valence-corrected chi connectivity index (χ3v) is 6.33. The van der Waals surface area contributed by atoms with Crippen molar-refractivity contribution in [1.82, 2.24) is 19.7 Å². The van der Waals surface area contributed by atoms with E-state index in [0.717, 1.165) is 27.2 Å². The van der Waals surface area contributed by atoms with Crippen LogP contribution in [0.4, 0.5) is 0 Å². The van der Waals surface area contributed by atoms with E-state index in [2.05, 4.69) is 31.2 Å². The summed E-state index contributed by atoms with van der Waals surface area (Å²) in [6, 6.07) is 12.2. The lowest BCUT2D eigenvalue weighted by Gasteiger charge is -2.06. The van der Waals surface area contributed by atoms with Crippen LogP contribution in [0.2, 0.25) is 5.02 Å². The second-order valence-corrected chi connectivity index (χ2v) is 8.63. The van der Waals surface area contributed by atoms with Gasteiger partial charge in [-0.15, -0.1) is 21.5 Å². The molecule has 0 saturated heterocycles. The molecule has 1 fully saturated rings. The number of thioether (sulfide) groups is 1. The third-order valence-electron chi connectivity index (χ3n) is 4.31. The number of hydrogen-bond donors (Lipinski definition) is 0. The SMILES string of the molecule is Clc1cccc(-c2cnc(CSc3nnc(-c4cccs4)n3C3CC3)o2)c1. The van der Waals surface area contributed by atoms with Crippen molar-refractivity contribution in [2.45, 2.75) is 29.8 Å². The van der Waals surface area contributed by atoms with Gasteiger partial charge in [0.05, 0.1) is 16.8 Å². The van der Waals surface area contributed by atoms with Gasteiger partial charge in [0.15, 0.2) is 16.7 Å². The van der Waals surface area contributed by atoms with Gasteiger partial charge in [-0.05, 0) is 36.4 Å². The van der Waals surface area contributed by atoms with Crippen molar-refractivity contribution in [1.29, 1.82) is 0 Å². The van der Waals surface area contributed by atoms with Crippen LogP contribution in [0.1, 0.15) is 24.8 Å². The van der Waals surface area contributed by atoms with Gasteiger partial charge in [0.1, 0.15) is 0 Å². The smallest absolute Gasteiger partial charge is 0.205 e. The number of halogens is 1. The van der Waals surface area contributed by atoms with E-state index in [4.69, 9.17) is 16.0 Å². The molecule has 5 nitrogen and oxygen atoms in total. The van der Waals surface area contributed by atoms with E-state index >= 15 is 0 Å². The zero-order valence-corrected chi connectivity index (χ0v) is 16.6. The fourth-order valence-electron chi connectivity index (χ4n) is 2.89. The Bertz CT molecular complexity index is 1070. The molecule has 0 aliphatic heterocycles. The summed E-state index contributed by atoms with van der Waals surface area (Å²) < 4.78 is 8.16. The van der Waals surface area contributed by atoms with Crippen molar-refractivity contribution in [3.05, 3.63) is 58.9 Å². The number of hydrogen-bond acceptors (Lipinski definition) is 6. The van der Waals surface area contributed by atoms with Gasteiger partial charge < -0.3 is 4.42 Å². The molecule has 27 heavy (non-hydrogen) atoms. The molecule has 0 radical (unpaired) electrons. The molecule has 0 N–H and O–H groups in total. The molecular formula is C19H15ClN4OS2. The fourth-order valence-corrected chi connectivity index (χ4v) is 4.64. The number of nitrogens with zero attached hydrogens (tertiary/aromatic N) is 4. The largest absolute Gasteiger partial charge is 0.440 e. The number of thiophene rings is 1. The van der Waals surface area contributed by atoms with Crippen LogP contribution in [0.15, 0.2) is 57.5 Å². The molecule has 3 heterocycles. The molecule has 1 aromatic carbocycles. The van der Waals surface area contributed by atoms with Gasteiger partial charge in [0.2, 0.25) is 5.89 Å². The minimum absolute atomic E-state index is 0.506. The first-order valence-electron chi connectivity index (χ1n) is 8.60. The Labute approximate surface area is 169 Å². The number of rotatable bonds is 6. The molecule has 5 rings (SSSR count). The minimum Gasteiger partial charge on any atom is -0.440 e. The van der Waals surface area contributed by atoms with Crippen molar-refractivity contribution in [2.75, 3.05) is 0 Å². The first kappa shape index (κ1) is 17.0. The molecule has 1 saturated carbocycles. The van der Waals surface area contributed by atoms with Gasteiger partial charge in [-0.2, -0.15) is 0 Å². The first-order chi connectivity index (χ1) is 13.3. The van der Waals surface area contributed by atoms with E-state index in [1.165, 1.54) is 12.8 Å². The third kappa shape index (κ3) is 3.54. The molecule has 0 spiro atoms. The molecule has 1 aliphatic rings. The highest BCUT2D eigenvalue weighted by Crippen LogP contribution is 2.42. The molecule has 4 aromatic rings. The quantitative estimate of drug-likeness (QED) is 0.365. The Hall–Kier alpha value is -2.09. The van der Waals surface area contributed by atoms with Gasteiger partial charge in [-0.1, -0.05) is 41.6 Å². The molecule has 0 bridgehead atoms.